The van der Waals surface area contributed by atoms with E-state index in [0.717, 1.165) is 17.1 Å². The average molecular weight is 300 g/mol. The Balaban J connectivity index is 1.78. The molecule has 2 atom stereocenters. The molecule has 0 aliphatic rings. The van der Waals surface area contributed by atoms with Crippen molar-refractivity contribution < 1.29 is 14.6 Å². The molecule has 0 radical (unpaired) electrons. The van der Waals surface area contributed by atoms with Crippen molar-refractivity contribution in [2.75, 3.05) is 13.2 Å². The lowest BCUT2D eigenvalue weighted by Gasteiger charge is -2.15. The van der Waals surface area contributed by atoms with Gasteiger partial charge in [-0.05, 0) is 43.7 Å². The SMILES string of the molecule is Cc1ccc(OCC(C)COc2cccc(C(C)O)c2)cc1. The van der Waals surface area contributed by atoms with Gasteiger partial charge in [0.05, 0.1) is 19.3 Å². The summed E-state index contributed by atoms with van der Waals surface area (Å²) in [6.07, 6.45) is -0.481. The predicted octanol–water partition coefficient (Wildman–Crippen LogP) is 4.14. The molecule has 0 aromatic heterocycles. The van der Waals surface area contributed by atoms with Gasteiger partial charge < -0.3 is 14.6 Å². The van der Waals surface area contributed by atoms with Gasteiger partial charge in [0.25, 0.3) is 0 Å². The first-order valence-electron chi connectivity index (χ1n) is 7.65. The van der Waals surface area contributed by atoms with Crippen LogP contribution in [0.5, 0.6) is 11.5 Å². The van der Waals surface area contributed by atoms with Gasteiger partial charge in [-0.25, -0.2) is 0 Å². The quantitative estimate of drug-likeness (QED) is 0.835. The van der Waals surface area contributed by atoms with E-state index in [1.165, 1.54) is 5.56 Å². The van der Waals surface area contributed by atoms with E-state index in [0.29, 0.717) is 13.2 Å². The highest BCUT2D eigenvalue weighted by molar-refractivity contribution is 5.29. The Bertz CT molecular complexity index is 575. The van der Waals surface area contributed by atoms with Gasteiger partial charge in [0, 0.05) is 5.92 Å². The second kappa shape index (κ2) is 7.85. The Morgan fingerprint density at radius 2 is 1.55 bits per heavy atom. The molecule has 0 aliphatic heterocycles. The summed E-state index contributed by atoms with van der Waals surface area (Å²) in [5, 5.41) is 9.58. The minimum atomic E-state index is -0.481. The van der Waals surface area contributed by atoms with Crippen LogP contribution in [0.2, 0.25) is 0 Å². The molecule has 0 saturated heterocycles. The lowest BCUT2D eigenvalue weighted by Crippen LogP contribution is -2.16. The number of aliphatic hydroxyl groups excluding tert-OH is 1. The van der Waals surface area contributed by atoms with Crippen molar-refractivity contribution in [2.45, 2.75) is 26.9 Å². The van der Waals surface area contributed by atoms with Crippen LogP contribution < -0.4 is 9.47 Å². The summed E-state index contributed by atoms with van der Waals surface area (Å²) in [7, 11) is 0. The van der Waals surface area contributed by atoms with E-state index in [2.05, 4.69) is 13.8 Å². The van der Waals surface area contributed by atoms with Gasteiger partial charge in [0.1, 0.15) is 11.5 Å². The first kappa shape index (κ1) is 16.4. The molecule has 0 bridgehead atoms. The van der Waals surface area contributed by atoms with E-state index in [-0.39, 0.29) is 5.92 Å². The van der Waals surface area contributed by atoms with Crippen LogP contribution in [0.25, 0.3) is 0 Å². The molecule has 0 aliphatic carbocycles. The molecule has 1 N–H and O–H groups in total. The summed E-state index contributed by atoms with van der Waals surface area (Å²) in [4.78, 5) is 0. The fourth-order valence-electron chi connectivity index (χ4n) is 2.02. The summed E-state index contributed by atoms with van der Waals surface area (Å²) < 4.78 is 11.5. The normalized spacial score (nSPS) is 13.5. The summed E-state index contributed by atoms with van der Waals surface area (Å²) in [6, 6.07) is 15.6. The number of hydrogen-bond acceptors (Lipinski definition) is 3. The van der Waals surface area contributed by atoms with E-state index in [1.54, 1.807) is 6.92 Å². The lowest BCUT2D eigenvalue weighted by atomic mass is 10.1. The lowest BCUT2D eigenvalue weighted by molar-refractivity contribution is 0.185. The van der Waals surface area contributed by atoms with Crippen molar-refractivity contribution in [2.24, 2.45) is 5.92 Å². The Labute approximate surface area is 132 Å². The second-order valence-electron chi connectivity index (χ2n) is 5.79. The molecule has 0 spiro atoms. The predicted molar refractivity (Wildman–Crippen MR) is 88.4 cm³/mol. The highest BCUT2D eigenvalue weighted by atomic mass is 16.5. The number of rotatable bonds is 7. The van der Waals surface area contributed by atoms with Crippen molar-refractivity contribution >= 4 is 0 Å². The molecule has 3 heteroatoms. The molecule has 2 aromatic rings. The van der Waals surface area contributed by atoms with Crippen molar-refractivity contribution in [3.63, 3.8) is 0 Å². The molecule has 0 amide bonds. The van der Waals surface area contributed by atoms with E-state index in [4.69, 9.17) is 9.47 Å². The van der Waals surface area contributed by atoms with Gasteiger partial charge >= 0.3 is 0 Å². The zero-order chi connectivity index (χ0) is 15.9. The maximum atomic E-state index is 9.58. The summed E-state index contributed by atoms with van der Waals surface area (Å²) in [5.74, 6) is 1.94. The van der Waals surface area contributed by atoms with E-state index in [9.17, 15) is 5.11 Å². The highest BCUT2D eigenvalue weighted by Crippen LogP contribution is 2.19. The topological polar surface area (TPSA) is 38.7 Å². The minimum absolute atomic E-state index is 0.275. The number of benzene rings is 2. The van der Waals surface area contributed by atoms with Crippen molar-refractivity contribution in [3.05, 3.63) is 59.7 Å². The van der Waals surface area contributed by atoms with Gasteiger partial charge in [0.2, 0.25) is 0 Å². The molecule has 0 saturated carbocycles. The summed E-state index contributed by atoms with van der Waals surface area (Å²) >= 11 is 0. The molecular weight excluding hydrogens is 276 g/mol. The summed E-state index contributed by atoms with van der Waals surface area (Å²) in [5.41, 5.74) is 2.09. The van der Waals surface area contributed by atoms with Crippen LogP contribution in [0.3, 0.4) is 0 Å². The molecule has 2 rings (SSSR count). The van der Waals surface area contributed by atoms with Crippen LogP contribution in [0.15, 0.2) is 48.5 Å². The van der Waals surface area contributed by atoms with Crippen LogP contribution in [-0.2, 0) is 0 Å². The van der Waals surface area contributed by atoms with E-state index in [1.807, 2.05) is 48.5 Å². The van der Waals surface area contributed by atoms with Gasteiger partial charge in [-0.15, -0.1) is 0 Å². The molecule has 118 valence electrons. The first-order chi connectivity index (χ1) is 10.5. The smallest absolute Gasteiger partial charge is 0.119 e. The maximum absolute atomic E-state index is 9.58. The largest absolute Gasteiger partial charge is 0.493 e. The Morgan fingerprint density at radius 3 is 2.18 bits per heavy atom. The second-order valence-corrected chi connectivity index (χ2v) is 5.79. The third kappa shape index (κ3) is 5.08. The molecular formula is C19H24O3. The standard InChI is InChI=1S/C19H24O3/c1-14-7-9-18(10-8-14)21-12-15(2)13-22-19-6-4-5-17(11-19)16(3)20/h4-11,15-16,20H,12-13H2,1-3H3. The molecule has 0 heterocycles. The minimum Gasteiger partial charge on any atom is -0.493 e. The maximum Gasteiger partial charge on any atom is 0.119 e. The molecule has 22 heavy (non-hydrogen) atoms. The molecule has 0 fully saturated rings. The number of aryl methyl sites for hydroxylation is 1. The monoisotopic (exact) mass is 300 g/mol. The fraction of sp³-hybridized carbons (Fsp3) is 0.368. The van der Waals surface area contributed by atoms with Crippen molar-refractivity contribution in [1.29, 1.82) is 0 Å². The van der Waals surface area contributed by atoms with Gasteiger partial charge in [0.15, 0.2) is 0 Å². The van der Waals surface area contributed by atoms with Gasteiger partial charge in [-0.3, -0.25) is 0 Å². The Hall–Kier alpha value is -2.00. The van der Waals surface area contributed by atoms with Crippen LogP contribution in [0.1, 0.15) is 31.1 Å². The van der Waals surface area contributed by atoms with E-state index >= 15 is 0 Å². The Morgan fingerprint density at radius 1 is 0.909 bits per heavy atom. The molecule has 2 aromatic carbocycles. The summed E-state index contributed by atoms with van der Waals surface area (Å²) in [6.45, 7) is 7.08. The third-order valence-corrected chi connectivity index (χ3v) is 3.43. The average Bonchev–Trinajstić information content (AvgIpc) is 2.52. The van der Waals surface area contributed by atoms with Crippen LogP contribution in [0.4, 0.5) is 0 Å². The first-order valence-corrected chi connectivity index (χ1v) is 7.65. The number of ether oxygens (including phenoxy) is 2. The van der Waals surface area contributed by atoms with Crippen LogP contribution >= 0.6 is 0 Å². The third-order valence-electron chi connectivity index (χ3n) is 3.43. The fourth-order valence-corrected chi connectivity index (χ4v) is 2.02. The molecule has 3 nitrogen and oxygen atoms in total. The van der Waals surface area contributed by atoms with Crippen LogP contribution in [-0.4, -0.2) is 18.3 Å². The van der Waals surface area contributed by atoms with Gasteiger partial charge in [-0.2, -0.15) is 0 Å². The number of aliphatic hydroxyl groups is 1. The van der Waals surface area contributed by atoms with Crippen LogP contribution in [0, 0.1) is 12.8 Å². The number of hydrogen-bond donors (Lipinski definition) is 1. The van der Waals surface area contributed by atoms with E-state index < -0.39 is 6.10 Å². The highest BCUT2D eigenvalue weighted by Gasteiger charge is 2.07. The Kier molecular flexibility index (Phi) is 5.84. The van der Waals surface area contributed by atoms with Crippen molar-refractivity contribution in [3.8, 4) is 11.5 Å². The van der Waals surface area contributed by atoms with Crippen molar-refractivity contribution in [1.82, 2.24) is 0 Å². The zero-order valence-corrected chi connectivity index (χ0v) is 13.5. The zero-order valence-electron chi connectivity index (χ0n) is 13.5. The molecule has 2 unspecified atom stereocenters. The van der Waals surface area contributed by atoms with Gasteiger partial charge in [-0.1, -0.05) is 36.8 Å².